The fourth-order valence-electron chi connectivity index (χ4n) is 2.68. The molecule has 1 saturated heterocycles. The van der Waals surface area contributed by atoms with Crippen molar-refractivity contribution >= 4 is 12.1 Å². The maximum Gasteiger partial charge on any atom is 0.409 e. The first kappa shape index (κ1) is 18.0. The number of piperidine rings is 1. The average Bonchev–Trinajstić information content (AvgIpc) is 2.59. The van der Waals surface area contributed by atoms with Crippen LogP contribution in [0.5, 0.6) is 0 Å². The molecule has 0 bridgehead atoms. The van der Waals surface area contributed by atoms with Crippen LogP contribution in [0.1, 0.15) is 31.2 Å². The van der Waals surface area contributed by atoms with Crippen molar-refractivity contribution in [2.24, 2.45) is 4.99 Å². The van der Waals surface area contributed by atoms with E-state index in [0.29, 0.717) is 32.3 Å². The Morgan fingerprint density at radius 2 is 2.17 bits per heavy atom. The van der Waals surface area contributed by atoms with Crippen LogP contribution in [0.3, 0.4) is 0 Å². The fraction of sp³-hybridized carbons (Fsp3) is 0.588. The molecule has 1 aliphatic heterocycles. The molecule has 0 spiro atoms. The smallest absolute Gasteiger partial charge is 0.409 e. The minimum absolute atomic E-state index is 0.219. The molecule has 1 aromatic rings. The van der Waals surface area contributed by atoms with Gasteiger partial charge >= 0.3 is 6.09 Å². The Labute approximate surface area is 143 Å². The van der Waals surface area contributed by atoms with Gasteiger partial charge in [-0.1, -0.05) is 6.07 Å². The minimum atomic E-state index is -0.219. The molecular formula is C17H27N5O2. The number of ether oxygens (including phenoxy) is 1. The van der Waals surface area contributed by atoms with Crippen LogP contribution < -0.4 is 10.6 Å². The number of hydrogen-bond acceptors (Lipinski definition) is 4. The Kier molecular flexibility index (Phi) is 6.84. The number of carbonyl (C=O) groups is 1. The van der Waals surface area contributed by atoms with Gasteiger partial charge < -0.3 is 20.3 Å². The number of amides is 1. The average molecular weight is 333 g/mol. The van der Waals surface area contributed by atoms with Crippen molar-refractivity contribution in [1.82, 2.24) is 20.5 Å². The van der Waals surface area contributed by atoms with E-state index < -0.39 is 0 Å². The van der Waals surface area contributed by atoms with Gasteiger partial charge in [0.2, 0.25) is 0 Å². The number of pyridine rings is 1. The van der Waals surface area contributed by atoms with Crippen LogP contribution in [0.15, 0.2) is 23.2 Å². The third kappa shape index (κ3) is 5.40. The molecule has 0 aromatic carbocycles. The zero-order valence-electron chi connectivity index (χ0n) is 14.7. The molecule has 1 amide bonds. The summed E-state index contributed by atoms with van der Waals surface area (Å²) in [6.45, 7) is 6.25. The molecule has 24 heavy (non-hydrogen) atoms. The van der Waals surface area contributed by atoms with E-state index in [0.717, 1.165) is 30.2 Å². The van der Waals surface area contributed by atoms with Crippen molar-refractivity contribution in [3.63, 3.8) is 0 Å². The molecule has 2 heterocycles. The summed E-state index contributed by atoms with van der Waals surface area (Å²) >= 11 is 0. The van der Waals surface area contributed by atoms with Gasteiger partial charge in [-0.2, -0.15) is 0 Å². The van der Waals surface area contributed by atoms with E-state index in [-0.39, 0.29) is 6.09 Å². The molecule has 132 valence electrons. The van der Waals surface area contributed by atoms with Crippen molar-refractivity contribution in [1.29, 1.82) is 0 Å². The number of carbonyl (C=O) groups excluding carboxylic acids is 1. The van der Waals surface area contributed by atoms with E-state index in [9.17, 15) is 4.79 Å². The van der Waals surface area contributed by atoms with Crippen molar-refractivity contribution in [2.75, 3.05) is 26.7 Å². The zero-order valence-corrected chi connectivity index (χ0v) is 14.7. The second kappa shape index (κ2) is 9.10. The second-order valence-corrected chi connectivity index (χ2v) is 5.80. The topological polar surface area (TPSA) is 78.8 Å². The van der Waals surface area contributed by atoms with Crippen LogP contribution in [-0.4, -0.2) is 54.7 Å². The quantitative estimate of drug-likeness (QED) is 0.647. The van der Waals surface area contributed by atoms with Crippen LogP contribution in [0.4, 0.5) is 4.79 Å². The van der Waals surface area contributed by atoms with Gasteiger partial charge in [-0.15, -0.1) is 0 Å². The van der Waals surface area contributed by atoms with Crippen LogP contribution in [0.2, 0.25) is 0 Å². The standard InChI is InChI=1S/C17H27N5O2/c1-4-24-17(23)22-10-8-14(9-11-22)21-16(18-3)19-12-15-7-5-6-13(2)20-15/h5-7,14H,4,8-12H2,1-3H3,(H2,18,19,21). The SMILES string of the molecule is CCOC(=O)N1CCC(NC(=NC)NCc2cccc(C)n2)CC1. The van der Waals surface area contributed by atoms with Gasteiger partial charge in [0.15, 0.2) is 5.96 Å². The lowest BCUT2D eigenvalue weighted by atomic mass is 10.1. The van der Waals surface area contributed by atoms with E-state index in [1.54, 1.807) is 11.9 Å². The van der Waals surface area contributed by atoms with E-state index in [4.69, 9.17) is 4.74 Å². The Balaban J connectivity index is 1.77. The summed E-state index contributed by atoms with van der Waals surface area (Å²) in [6, 6.07) is 6.27. The Morgan fingerprint density at radius 3 is 2.79 bits per heavy atom. The zero-order chi connectivity index (χ0) is 17.4. The number of guanidine groups is 1. The fourth-order valence-corrected chi connectivity index (χ4v) is 2.68. The van der Waals surface area contributed by atoms with Gasteiger partial charge in [0.05, 0.1) is 18.8 Å². The lowest BCUT2D eigenvalue weighted by molar-refractivity contribution is 0.0963. The van der Waals surface area contributed by atoms with E-state index in [2.05, 4.69) is 20.6 Å². The van der Waals surface area contributed by atoms with Crippen LogP contribution >= 0.6 is 0 Å². The van der Waals surface area contributed by atoms with Crippen LogP contribution in [-0.2, 0) is 11.3 Å². The number of nitrogens with zero attached hydrogens (tertiary/aromatic N) is 3. The third-order valence-corrected chi connectivity index (χ3v) is 3.97. The summed E-state index contributed by atoms with van der Waals surface area (Å²) < 4.78 is 5.04. The predicted octanol–water partition coefficient (Wildman–Crippen LogP) is 1.68. The molecule has 0 unspecified atom stereocenters. The van der Waals surface area contributed by atoms with Gasteiger partial charge in [-0.05, 0) is 38.8 Å². The number of likely N-dealkylation sites (tertiary alicyclic amines) is 1. The van der Waals surface area contributed by atoms with Gasteiger partial charge in [-0.3, -0.25) is 9.98 Å². The molecule has 1 fully saturated rings. The lowest BCUT2D eigenvalue weighted by Gasteiger charge is -2.32. The molecule has 2 N–H and O–H groups in total. The first-order chi connectivity index (χ1) is 11.6. The number of hydrogen-bond donors (Lipinski definition) is 2. The van der Waals surface area contributed by atoms with Crippen molar-refractivity contribution in [3.8, 4) is 0 Å². The van der Waals surface area contributed by atoms with Gasteiger partial charge in [0.1, 0.15) is 0 Å². The molecule has 2 rings (SSSR count). The highest BCUT2D eigenvalue weighted by atomic mass is 16.6. The molecule has 7 heteroatoms. The van der Waals surface area contributed by atoms with Crippen molar-refractivity contribution in [2.45, 2.75) is 39.3 Å². The van der Waals surface area contributed by atoms with Gasteiger partial charge in [0, 0.05) is 31.9 Å². The highest BCUT2D eigenvalue weighted by Crippen LogP contribution is 2.11. The summed E-state index contributed by atoms with van der Waals surface area (Å²) in [4.78, 5) is 22.2. The van der Waals surface area contributed by atoms with Crippen LogP contribution in [0.25, 0.3) is 0 Å². The number of nitrogens with one attached hydrogen (secondary N) is 2. The summed E-state index contributed by atoms with van der Waals surface area (Å²) in [5.74, 6) is 0.757. The van der Waals surface area contributed by atoms with Crippen LogP contribution in [0, 0.1) is 6.92 Å². The number of rotatable bonds is 4. The monoisotopic (exact) mass is 333 g/mol. The molecule has 0 atom stereocenters. The molecular weight excluding hydrogens is 306 g/mol. The lowest BCUT2D eigenvalue weighted by Crippen LogP contribution is -2.49. The van der Waals surface area contributed by atoms with E-state index >= 15 is 0 Å². The van der Waals surface area contributed by atoms with Gasteiger partial charge in [0.25, 0.3) is 0 Å². The molecule has 0 radical (unpaired) electrons. The largest absolute Gasteiger partial charge is 0.450 e. The maximum atomic E-state index is 11.7. The third-order valence-electron chi connectivity index (χ3n) is 3.97. The summed E-state index contributed by atoms with van der Waals surface area (Å²) in [7, 11) is 1.76. The Bertz CT molecular complexity index is 568. The predicted molar refractivity (Wildman–Crippen MR) is 93.9 cm³/mol. The number of aromatic nitrogens is 1. The second-order valence-electron chi connectivity index (χ2n) is 5.80. The Morgan fingerprint density at radius 1 is 1.42 bits per heavy atom. The van der Waals surface area contributed by atoms with E-state index in [1.807, 2.05) is 32.0 Å². The first-order valence-corrected chi connectivity index (χ1v) is 8.43. The maximum absolute atomic E-state index is 11.7. The highest BCUT2D eigenvalue weighted by Gasteiger charge is 2.23. The molecule has 0 saturated carbocycles. The van der Waals surface area contributed by atoms with Gasteiger partial charge in [-0.25, -0.2) is 4.79 Å². The normalized spacial score (nSPS) is 16.0. The van der Waals surface area contributed by atoms with Crippen molar-refractivity contribution < 1.29 is 9.53 Å². The Hall–Kier alpha value is -2.31. The first-order valence-electron chi connectivity index (χ1n) is 8.43. The summed E-state index contributed by atoms with van der Waals surface area (Å²) in [5, 5.41) is 6.70. The molecule has 7 nitrogen and oxygen atoms in total. The summed E-state index contributed by atoms with van der Waals surface area (Å²) in [6.07, 6.45) is 1.54. The highest BCUT2D eigenvalue weighted by molar-refractivity contribution is 5.80. The minimum Gasteiger partial charge on any atom is -0.450 e. The van der Waals surface area contributed by atoms with E-state index in [1.165, 1.54) is 0 Å². The molecule has 1 aliphatic rings. The molecule has 0 aliphatic carbocycles. The number of aliphatic imine (C=N–C) groups is 1. The summed E-state index contributed by atoms with van der Waals surface area (Å²) in [5.41, 5.74) is 1.98. The number of aryl methyl sites for hydroxylation is 1. The molecule has 1 aromatic heterocycles. The van der Waals surface area contributed by atoms with Crippen molar-refractivity contribution in [3.05, 3.63) is 29.6 Å².